The largest absolute Gasteiger partial charge is 0.465 e. The number of aryl methyl sites for hydroxylation is 1. The molecular weight excluding hydrogens is 477 g/mol. The molecule has 1 saturated heterocycles. The lowest BCUT2D eigenvalue weighted by molar-refractivity contribution is -0.137. The molecule has 0 aromatic heterocycles. The number of hydrogen-bond donors (Lipinski definition) is 0. The highest BCUT2D eigenvalue weighted by Crippen LogP contribution is 2.27. The van der Waals surface area contributed by atoms with Crippen LogP contribution in [0.15, 0.2) is 48.0 Å². The van der Waals surface area contributed by atoms with Gasteiger partial charge in [-0.05, 0) is 35.8 Å². The summed E-state index contributed by atoms with van der Waals surface area (Å²) in [7, 11) is 1.24. The highest BCUT2D eigenvalue weighted by atomic mass is 35.5. The fourth-order valence-electron chi connectivity index (χ4n) is 3.68. The van der Waals surface area contributed by atoms with Gasteiger partial charge in [0.05, 0.1) is 33.5 Å². The number of Topliss-reactive ketones (excluding diaryl/α,β-unsaturated/α-hetero) is 1. The Bertz CT molecular complexity index is 998. The van der Waals surface area contributed by atoms with Crippen LogP contribution in [0, 0.1) is 0 Å². The number of rotatable bonds is 11. The van der Waals surface area contributed by atoms with E-state index >= 15 is 0 Å². The average molecular weight is 506 g/mol. The molecular formula is C26H29Cl2NO5. The van der Waals surface area contributed by atoms with E-state index in [1.165, 1.54) is 13.2 Å². The van der Waals surface area contributed by atoms with Gasteiger partial charge in [0.25, 0.3) is 0 Å². The normalized spacial score (nSPS) is 14.7. The minimum absolute atomic E-state index is 0.0863. The van der Waals surface area contributed by atoms with Crippen molar-refractivity contribution in [2.24, 2.45) is 0 Å². The second-order valence-electron chi connectivity index (χ2n) is 7.88. The summed E-state index contributed by atoms with van der Waals surface area (Å²) >= 11 is 12.4. The van der Waals surface area contributed by atoms with Gasteiger partial charge in [0.15, 0.2) is 5.78 Å². The van der Waals surface area contributed by atoms with E-state index in [0.717, 1.165) is 44.0 Å². The first kappa shape index (κ1) is 26.4. The number of esters is 1. The summed E-state index contributed by atoms with van der Waals surface area (Å²) in [6.45, 7) is 5.34. The van der Waals surface area contributed by atoms with Crippen molar-refractivity contribution in [3.8, 4) is 0 Å². The number of methoxy groups -OCH3 is 1. The van der Waals surface area contributed by atoms with Gasteiger partial charge >= 0.3 is 5.97 Å². The Morgan fingerprint density at radius 3 is 2.38 bits per heavy atom. The molecule has 0 unspecified atom stereocenters. The summed E-state index contributed by atoms with van der Waals surface area (Å²) < 4.78 is 16.1. The topological polar surface area (TPSA) is 65.1 Å². The van der Waals surface area contributed by atoms with E-state index in [1.807, 2.05) is 24.3 Å². The Balaban J connectivity index is 1.62. The third-order valence-electron chi connectivity index (χ3n) is 5.65. The van der Waals surface area contributed by atoms with Crippen molar-refractivity contribution in [3.63, 3.8) is 0 Å². The first-order chi connectivity index (χ1) is 16.5. The molecule has 2 aromatic rings. The van der Waals surface area contributed by atoms with Gasteiger partial charge in [-0.2, -0.15) is 0 Å². The van der Waals surface area contributed by atoms with Crippen molar-refractivity contribution >= 4 is 41.0 Å². The number of nitrogens with zero attached hydrogens (tertiary/aromatic N) is 1. The maximum absolute atomic E-state index is 13.0. The van der Waals surface area contributed by atoms with E-state index < -0.39 is 5.97 Å². The van der Waals surface area contributed by atoms with Crippen LogP contribution >= 0.6 is 23.2 Å². The molecule has 0 N–H and O–H groups in total. The number of ketones is 1. The van der Waals surface area contributed by atoms with Gasteiger partial charge in [0, 0.05) is 41.7 Å². The third kappa shape index (κ3) is 7.65. The molecule has 1 heterocycles. The van der Waals surface area contributed by atoms with E-state index in [2.05, 4.69) is 4.90 Å². The van der Waals surface area contributed by atoms with Crippen LogP contribution in [0.4, 0.5) is 0 Å². The molecule has 1 aliphatic rings. The molecule has 0 atom stereocenters. The quantitative estimate of drug-likeness (QED) is 0.146. The van der Waals surface area contributed by atoms with Crippen LogP contribution < -0.4 is 0 Å². The molecule has 0 bridgehead atoms. The Morgan fingerprint density at radius 2 is 1.71 bits per heavy atom. The van der Waals surface area contributed by atoms with E-state index in [-0.39, 0.29) is 17.8 Å². The van der Waals surface area contributed by atoms with Crippen LogP contribution in [-0.4, -0.2) is 63.2 Å². The lowest BCUT2D eigenvalue weighted by atomic mass is 9.98. The predicted molar refractivity (Wildman–Crippen MR) is 133 cm³/mol. The number of carbonyl (C=O) groups excluding carboxylic acids is 2. The first-order valence-electron chi connectivity index (χ1n) is 11.2. The van der Waals surface area contributed by atoms with Gasteiger partial charge in [-0.3, -0.25) is 9.69 Å². The molecule has 2 aromatic carbocycles. The fraction of sp³-hybridized carbons (Fsp3) is 0.385. The van der Waals surface area contributed by atoms with Gasteiger partial charge < -0.3 is 14.2 Å². The summed E-state index contributed by atoms with van der Waals surface area (Å²) in [6.07, 6.45) is 2.00. The van der Waals surface area contributed by atoms with Gasteiger partial charge in [-0.25, -0.2) is 4.79 Å². The zero-order chi connectivity index (χ0) is 24.3. The van der Waals surface area contributed by atoms with Gasteiger partial charge in [0.2, 0.25) is 0 Å². The molecule has 0 spiro atoms. The lowest BCUT2D eigenvalue weighted by Crippen LogP contribution is -2.38. The Kier molecular flexibility index (Phi) is 10.6. The van der Waals surface area contributed by atoms with Crippen molar-refractivity contribution < 1.29 is 23.8 Å². The molecule has 8 heteroatoms. The Morgan fingerprint density at radius 1 is 1.03 bits per heavy atom. The van der Waals surface area contributed by atoms with Crippen molar-refractivity contribution in [3.05, 3.63) is 74.8 Å². The van der Waals surface area contributed by atoms with E-state index in [4.69, 9.17) is 37.4 Å². The van der Waals surface area contributed by atoms with E-state index in [0.29, 0.717) is 35.2 Å². The minimum atomic E-state index is -0.722. The number of hydrogen-bond acceptors (Lipinski definition) is 6. The first-order valence-corrected chi connectivity index (χ1v) is 12.0. The number of carbonyl (C=O) groups is 2. The second kappa shape index (κ2) is 13.6. The summed E-state index contributed by atoms with van der Waals surface area (Å²) in [5.41, 5.74) is 2.35. The zero-order valence-corrected chi connectivity index (χ0v) is 20.7. The SMILES string of the molecule is COC(=O)/C(=C\c1c(Cl)cccc1Cl)C(=O)CCc1ccccc1COCCN1CCOCC1. The number of morpholine rings is 1. The molecule has 1 fully saturated rings. The van der Waals surface area contributed by atoms with Crippen LogP contribution in [0.1, 0.15) is 23.1 Å². The van der Waals surface area contributed by atoms with Crippen LogP contribution in [0.25, 0.3) is 6.08 Å². The molecule has 6 nitrogen and oxygen atoms in total. The van der Waals surface area contributed by atoms with Crippen molar-refractivity contribution in [1.29, 1.82) is 0 Å². The molecule has 3 rings (SSSR count). The highest BCUT2D eigenvalue weighted by Gasteiger charge is 2.20. The Hall–Kier alpha value is -2.22. The fourth-order valence-corrected chi connectivity index (χ4v) is 4.19. The van der Waals surface area contributed by atoms with Crippen LogP contribution in [-0.2, 0) is 36.8 Å². The molecule has 182 valence electrons. The molecule has 1 aliphatic heterocycles. The number of benzene rings is 2. The average Bonchev–Trinajstić information content (AvgIpc) is 2.86. The summed E-state index contributed by atoms with van der Waals surface area (Å²) in [5, 5.41) is 0.697. The molecule has 0 amide bonds. The summed E-state index contributed by atoms with van der Waals surface area (Å²) in [4.78, 5) is 27.6. The Labute approximate surface area is 210 Å². The second-order valence-corrected chi connectivity index (χ2v) is 8.70. The van der Waals surface area contributed by atoms with Crippen molar-refractivity contribution in [1.82, 2.24) is 4.90 Å². The van der Waals surface area contributed by atoms with Crippen LogP contribution in [0.2, 0.25) is 10.0 Å². The minimum Gasteiger partial charge on any atom is -0.465 e. The predicted octanol–water partition coefficient (Wildman–Crippen LogP) is 4.60. The standard InChI is InChI=1S/C26H29Cl2NO5/c1-32-26(31)22(17-21-23(27)7-4-8-24(21)28)25(30)10-9-19-5-2-3-6-20(19)18-34-16-13-29-11-14-33-15-12-29/h2-8,17H,9-16,18H2,1H3/b22-17-. The van der Waals surface area contributed by atoms with E-state index in [9.17, 15) is 9.59 Å². The van der Waals surface area contributed by atoms with Crippen molar-refractivity contribution in [2.75, 3.05) is 46.6 Å². The molecule has 0 aliphatic carbocycles. The van der Waals surface area contributed by atoms with E-state index in [1.54, 1.807) is 18.2 Å². The van der Waals surface area contributed by atoms with Crippen LogP contribution in [0.3, 0.4) is 0 Å². The van der Waals surface area contributed by atoms with Crippen molar-refractivity contribution in [2.45, 2.75) is 19.4 Å². The molecule has 0 saturated carbocycles. The third-order valence-corrected chi connectivity index (χ3v) is 6.31. The van der Waals surface area contributed by atoms with Crippen LogP contribution in [0.5, 0.6) is 0 Å². The smallest absolute Gasteiger partial charge is 0.341 e. The maximum atomic E-state index is 13.0. The molecule has 0 radical (unpaired) electrons. The summed E-state index contributed by atoms with van der Waals surface area (Å²) in [6, 6.07) is 12.8. The monoisotopic (exact) mass is 505 g/mol. The summed E-state index contributed by atoms with van der Waals surface area (Å²) in [5.74, 6) is -1.06. The highest BCUT2D eigenvalue weighted by molar-refractivity contribution is 6.37. The lowest BCUT2D eigenvalue weighted by Gasteiger charge is -2.26. The van der Waals surface area contributed by atoms with Gasteiger partial charge in [-0.15, -0.1) is 0 Å². The van der Waals surface area contributed by atoms with Gasteiger partial charge in [-0.1, -0.05) is 53.5 Å². The molecule has 34 heavy (non-hydrogen) atoms. The number of halogens is 2. The number of ether oxygens (including phenoxy) is 3. The maximum Gasteiger partial charge on any atom is 0.341 e. The zero-order valence-electron chi connectivity index (χ0n) is 19.2. The van der Waals surface area contributed by atoms with Gasteiger partial charge in [0.1, 0.15) is 5.57 Å².